The normalized spacial score (nSPS) is 11.2. The number of hydrogen-bond acceptors (Lipinski definition) is 4. The monoisotopic (exact) mass is 261 g/mol. The first kappa shape index (κ1) is 10.9. The Morgan fingerprint density at radius 1 is 0.950 bits per heavy atom. The molecule has 0 amide bonds. The molecule has 0 fully saturated rings. The minimum Gasteiger partial charge on any atom is -0.398 e. The molecular formula is C15H11N5. The van der Waals surface area contributed by atoms with E-state index in [1.165, 1.54) is 0 Å². The van der Waals surface area contributed by atoms with Crippen molar-refractivity contribution in [2.45, 2.75) is 0 Å². The van der Waals surface area contributed by atoms with E-state index in [0.29, 0.717) is 11.5 Å². The molecule has 5 heteroatoms. The standard InChI is InChI=1S/C15H11N5/c16-11-5-6-13-18-19-15(20(13)9-11)14-12-4-2-1-3-10(12)7-8-17-14/h1-9H,16H2. The quantitative estimate of drug-likeness (QED) is 0.571. The van der Waals surface area contributed by atoms with Crippen molar-refractivity contribution in [1.29, 1.82) is 0 Å². The molecular weight excluding hydrogens is 250 g/mol. The number of nitrogens with zero attached hydrogens (tertiary/aromatic N) is 4. The summed E-state index contributed by atoms with van der Waals surface area (Å²) in [6.45, 7) is 0. The molecule has 0 bridgehead atoms. The second kappa shape index (κ2) is 4.03. The summed E-state index contributed by atoms with van der Waals surface area (Å²) in [5.41, 5.74) is 8.07. The van der Waals surface area contributed by atoms with Gasteiger partial charge in [-0.25, -0.2) is 0 Å². The number of fused-ring (bicyclic) bond motifs is 2. The number of pyridine rings is 2. The summed E-state index contributed by atoms with van der Waals surface area (Å²) in [5.74, 6) is 0.698. The van der Waals surface area contributed by atoms with Crippen LogP contribution in [0.25, 0.3) is 27.9 Å². The Morgan fingerprint density at radius 2 is 1.85 bits per heavy atom. The van der Waals surface area contributed by atoms with E-state index < -0.39 is 0 Å². The summed E-state index contributed by atoms with van der Waals surface area (Å²) in [6.07, 6.45) is 3.60. The molecule has 2 N–H and O–H groups in total. The highest BCUT2D eigenvalue weighted by molar-refractivity contribution is 5.93. The predicted molar refractivity (Wildman–Crippen MR) is 78.1 cm³/mol. The topological polar surface area (TPSA) is 69.1 Å². The van der Waals surface area contributed by atoms with E-state index in [2.05, 4.69) is 21.2 Å². The first-order chi connectivity index (χ1) is 9.83. The number of hydrogen-bond donors (Lipinski definition) is 1. The van der Waals surface area contributed by atoms with Crippen LogP contribution in [0.2, 0.25) is 0 Å². The maximum absolute atomic E-state index is 5.85. The molecule has 0 aliphatic carbocycles. The van der Waals surface area contributed by atoms with E-state index in [-0.39, 0.29) is 0 Å². The van der Waals surface area contributed by atoms with Gasteiger partial charge in [0.15, 0.2) is 11.5 Å². The van der Waals surface area contributed by atoms with Crippen molar-refractivity contribution in [3.63, 3.8) is 0 Å². The van der Waals surface area contributed by atoms with Gasteiger partial charge < -0.3 is 5.73 Å². The number of rotatable bonds is 1. The van der Waals surface area contributed by atoms with Gasteiger partial charge in [-0.15, -0.1) is 10.2 Å². The Kier molecular flexibility index (Phi) is 2.20. The summed E-state index contributed by atoms with van der Waals surface area (Å²) < 4.78 is 1.87. The molecule has 20 heavy (non-hydrogen) atoms. The molecule has 3 aromatic heterocycles. The van der Waals surface area contributed by atoms with Gasteiger partial charge in [-0.05, 0) is 23.6 Å². The molecule has 0 atom stereocenters. The third kappa shape index (κ3) is 1.53. The van der Waals surface area contributed by atoms with E-state index in [9.17, 15) is 0 Å². The molecule has 0 saturated heterocycles. The van der Waals surface area contributed by atoms with Crippen LogP contribution < -0.4 is 5.73 Å². The number of aromatic nitrogens is 4. The number of benzene rings is 1. The van der Waals surface area contributed by atoms with Crippen molar-refractivity contribution >= 4 is 22.1 Å². The fourth-order valence-electron chi connectivity index (χ4n) is 2.37. The maximum atomic E-state index is 5.85. The molecule has 4 rings (SSSR count). The van der Waals surface area contributed by atoms with Crippen LogP contribution in [0.1, 0.15) is 0 Å². The van der Waals surface area contributed by atoms with Crippen LogP contribution in [0.15, 0.2) is 54.9 Å². The fourth-order valence-corrected chi connectivity index (χ4v) is 2.37. The van der Waals surface area contributed by atoms with Crippen LogP contribution in [0.3, 0.4) is 0 Å². The van der Waals surface area contributed by atoms with Crippen molar-refractivity contribution in [2.24, 2.45) is 0 Å². The summed E-state index contributed by atoms with van der Waals surface area (Å²) in [6, 6.07) is 13.7. The van der Waals surface area contributed by atoms with Gasteiger partial charge in [-0.1, -0.05) is 24.3 Å². The lowest BCUT2D eigenvalue weighted by molar-refractivity contribution is 1.10. The Morgan fingerprint density at radius 3 is 2.80 bits per heavy atom. The first-order valence-electron chi connectivity index (χ1n) is 6.27. The van der Waals surface area contributed by atoms with E-state index in [0.717, 1.165) is 22.1 Å². The highest BCUT2D eigenvalue weighted by Crippen LogP contribution is 2.25. The Bertz CT molecular complexity index is 921. The number of nitrogen functional groups attached to an aromatic ring is 1. The minimum atomic E-state index is 0.666. The highest BCUT2D eigenvalue weighted by Gasteiger charge is 2.12. The molecule has 4 aromatic rings. The molecule has 96 valence electrons. The fraction of sp³-hybridized carbons (Fsp3) is 0. The smallest absolute Gasteiger partial charge is 0.187 e. The molecule has 0 unspecified atom stereocenters. The Hall–Kier alpha value is -2.95. The van der Waals surface area contributed by atoms with Gasteiger partial charge in [0.1, 0.15) is 5.69 Å². The average molecular weight is 261 g/mol. The van der Waals surface area contributed by atoms with Crippen LogP contribution in [0, 0.1) is 0 Å². The molecule has 0 aliphatic rings. The van der Waals surface area contributed by atoms with Gasteiger partial charge in [-0.3, -0.25) is 9.38 Å². The zero-order valence-corrected chi connectivity index (χ0v) is 10.6. The Balaban J connectivity index is 2.09. The van der Waals surface area contributed by atoms with Crippen molar-refractivity contribution in [2.75, 3.05) is 5.73 Å². The molecule has 0 spiro atoms. The van der Waals surface area contributed by atoms with E-state index in [1.54, 1.807) is 6.20 Å². The van der Waals surface area contributed by atoms with Gasteiger partial charge in [0.25, 0.3) is 0 Å². The third-order valence-corrected chi connectivity index (χ3v) is 3.31. The zero-order chi connectivity index (χ0) is 13.5. The lowest BCUT2D eigenvalue weighted by Crippen LogP contribution is -1.95. The molecule has 5 nitrogen and oxygen atoms in total. The molecule has 3 heterocycles. The first-order valence-corrected chi connectivity index (χ1v) is 6.27. The van der Waals surface area contributed by atoms with Crippen LogP contribution in [0.4, 0.5) is 5.69 Å². The van der Waals surface area contributed by atoms with Crippen LogP contribution in [-0.2, 0) is 0 Å². The van der Waals surface area contributed by atoms with Crippen molar-refractivity contribution in [3.05, 3.63) is 54.9 Å². The van der Waals surface area contributed by atoms with Crippen molar-refractivity contribution < 1.29 is 0 Å². The third-order valence-electron chi connectivity index (χ3n) is 3.31. The van der Waals surface area contributed by atoms with Gasteiger partial charge in [-0.2, -0.15) is 0 Å². The van der Waals surface area contributed by atoms with Gasteiger partial charge in [0, 0.05) is 23.5 Å². The second-order valence-corrected chi connectivity index (χ2v) is 4.59. The summed E-state index contributed by atoms with van der Waals surface area (Å²) in [5, 5.41) is 10.6. The lowest BCUT2D eigenvalue weighted by Gasteiger charge is -2.04. The van der Waals surface area contributed by atoms with Crippen LogP contribution >= 0.6 is 0 Å². The number of anilines is 1. The Labute approximate surface area is 114 Å². The summed E-state index contributed by atoms with van der Waals surface area (Å²) in [4.78, 5) is 4.46. The van der Waals surface area contributed by atoms with Crippen LogP contribution in [-0.4, -0.2) is 19.6 Å². The zero-order valence-electron chi connectivity index (χ0n) is 10.6. The maximum Gasteiger partial charge on any atom is 0.187 e. The summed E-state index contributed by atoms with van der Waals surface area (Å²) >= 11 is 0. The van der Waals surface area contributed by atoms with Gasteiger partial charge in [0.2, 0.25) is 0 Å². The van der Waals surface area contributed by atoms with Crippen molar-refractivity contribution in [1.82, 2.24) is 19.6 Å². The van der Waals surface area contributed by atoms with Gasteiger partial charge in [0.05, 0.1) is 0 Å². The van der Waals surface area contributed by atoms with Crippen molar-refractivity contribution in [3.8, 4) is 11.5 Å². The van der Waals surface area contributed by atoms with Gasteiger partial charge >= 0.3 is 0 Å². The number of nitrogens with two attached hydrogens (primary N) is 1. The highest BCUT2D eigenvalue weighted by atomic mass is 15.3. The summed E-state index contributed by atoms with van der Waals surface area (Å²) in [7, 11) is 0. The molecule has 1 aromatic carbocycles. The lowest BCUT2D eigenvalue weighted by atomic mass is 10.1. The predicted octanol–water partition coefficient (Wildman–Crippen LogP) is 2.53. The largest absolute Gasteiger partial charge is 0.398 e. The SMILES string of the molecule is Nc1ccc2nnc(-c3nccc4ccccc34)n2c1. The van der Waals surface area contributed by atoms with E-state index in [1.807, 2.05) is 47.0 Å². The second-order valence-electron chi connectivity index (χ2n) is 4.59. The van der Waals surface area contributed by atoms with E-state index in [4.69, 9.17) is 5.73 Å². The minimum absolute atomic E-state index is 0.666. The molecule has 0 aliphatic heterocycles. The molecule has 0 radical (unpaired) electrons. The van der Waals surface area contributed by atoms with Crippen LogP contribution in [0.5, 0.6) is 0 Å². The van der Waals surface area contributed by atoms with E-state index >= 15 is 0 Å². The molecule has 0 saturated carbocycles. The average Bonchev–Trinajstić information content (AvgIpc) is 2.89.